The van der Waals surface area contributed by atoms with Gasteiger partial charge in [0, 0.05) is 32.9 Å². The number of hydrogen-bond donors (Lipinski definition) is 0. The van der Waals surface area contributed by atoms with Gasteiger partial charge in [0.25, 0.3) is 0 Å². The topological polar surface area (TPSA) is 9.86 Å². The van der Waals surface area contributed by atoms with Crippen LogP contribution in [0.25, 0.3) is 122 Å². The summed E-state index contributed by atoms with van der Waals surface area (Å²) >= 11 is 0. The van der Waals surface area contributed by atoms with Gasteiger partial charge in [0.05, 0.1) is 27.5 Å². The molecule has 0 unspecified atom stereocenters. The number of para-hydroxylation sites is 2. The van der Waals surface area contributed by atoms with E-state index in [4.69, 9.17) is 0 Å². The zero-order valence-electron chi connectivity index (χ0n) is 44.4. The Kier molecular flexibility index (Phi) is 10.8. The highest BCUT2D eigenvalue weighted by molar-refractivity contribution is 6.13. The van der Waals surface area contributed by atoms with Crippen LogP contribution in [0.15, 0.2) is 315 Å². The monoisotopic (exact) mass is 1030 g/mol. The molecule has 2 nitrogen and oxygen atoms in total. The van der Waals surface area contributed by atoms with Crippen molar-refractivity contribution >= 4 is 43.6 Å². The molecule has 15 aromatic rings. The Hall–Kier alpha value is -10.5. The van der Waals surface area contributed by atoms with Crippen LogP contribution < -0.4 is 0 Å². The molecule has 13 aromatic carbocycles. The van der Waals surface area contributed by atoms with Crippen LogP contribution in [-0.4, -0.2) is 9.13 Å². The van der Waals surface area contributed by atoms with Gasteiger partial charge in [-0.1, -0.05) is 249 Å². The molecule has 0 N–H and O–H groups in total. The van der Waals surface area contributed by atoms with Gasteiger partial charge < -0.3 is 9.13 Å². The van der Waals surface area contributed by atoms with Crippen LogP contribution in [0, 0.1) is 0 Å². The van der Waals surface area contributed by atoms with Crippen LogP contribution in [0.3, 0.4) is 0 Å². The fraction of sp³-hybridized carbons (Fsp3) is 0.0127. The first kappa shape index (κ1) is 46.5. The second-order valence-corrected chi connectivity index (χ2v) is 21.6. The summed E-state index contributed by atoms with van der Waals surface area (Å²) in [5.74, 6) is 0. The first-order valence-corrected chi connectivity index (χ1v) is 28.1. The van der Waals surface area contributed by atoms with E-state index in [0.717, 1.165) is 11.4 Å². The zero-order chi connectivity index (χ0) is 53.4. The molecule has 2 heterocycles. The van der Waals surface area contributed by atoms with E-state index in [1.807, 2.05) is 0 Å². The Labute approximate surface area is 471 Å². The van der Waals surface area contributed by atoms with Crippen LogP contribution in [-0.2, 0) is 5.41 Å². The number of aromatic nitrogens is 2. The quantitative estimate of drug-likeness (QED) is 0.136. The van der Waals surface area contributed by atoms with E-state index in [1.165, 1.54) is 133 Å². The lowest BCUT2D eigenvalue weighted by molar-refractivity contribution is 0.769. The smallest absolute Gasteiger partial charge is 0.0713 e. The van der Waals surface area contributed by atoms with Crippen molar-refractivity contribution in [3.05, 3.63) is 338 Å². The minimum absolute atomic E-state index is 0.491. The van der Waals surface area contributed by atoms with Gasteiger partial charge in [0.15, 0.2) is 0 Å². The molecular weight excluding hydrogens is 977 g/mol. The van der Waals surface area contributed by atoms with E-state index in [1.54, 1.807) is 0 Å². The first-order chi connectivity index (χ1) is 40.2. The summed E-state index contributed by atoms with van der Waals surface area (Å²) in [6.45, 7) is 0. The fourth-order valence-electron chi connectivity index (χ4n) is 13.5. The predicted octanol–water partition coefficient (Wildman–Crippen LogP) is 20.6. The number of benzene rings is 13. The minimum Gasteiger partial charge on any atom is -0.309 e. The second-order valence-electron chi connectivity index (χ2n) is 21.6. The summed E-state index contributed by atoms with van der Waals surface area (Å²) in [6, 6.07) is 116. The zero-order valence-corrected chi connectivity index (χ0v) is 44.4. The van der Waals surface area contributed by atoms with Gasteiger partial charge in [-0.2, -0.15) is 0 Å². The molecule has 81 heavy (non-hydrogen) atoms. The first-order valence-electron chi connectivity index (χ1n) is 28.1. The second kappa shape index (κ2) is 18.8. The summed E-state index contributed by atoms with van der Waals surface area (Å²) in [5.41, 5.74) is 26.3. The molecule has 2 heteroatoms. The Morgan fingerprint density at radius 2 is 0.568 bits per heavy atom. The van der Waals surface area contributed by atoms with Crippen molar-refractivity contribution in [2.24, 2.45) is 0 Å². The highest BCUT2D eigenvalue weighted by Crippen LogP contribution is 2.56. The molecule has 0 spiro atoms. The van der Waals surface area contributed by atoms with Gasteiger partial charge in [-0.15, -0.1) is 0 Å². The molecule has 0 aliphatic heterocycles. The fourth-order valence-corrected chi connectivity index (χ4v) is 13.5. The Morgan fingerprint density at radius 3 is 1.14 bits per heavy atom. The Balaban J connectivity index is 0.717. The van der Waals surface area contributed by atoms with Crippen LogP contribution >= 0.6 is 0 Å². The summed E-state index contributed by atoms with van der Waals surface area (Å²) < 4.78 is 4.83. The van der Waals surface area contributed by atoms with E-state index < -0.39 is 5.41 Å². The highest BCUT2D eigenvalue weighted by atomic mass is 15.0. The molecule has 0 saturated heterocycles. The van der Waals surface area contributed by atoms with Gasteiger partial charge in [-0.25, -0.2) is 0 Å². The molecule has 378 valence electrons. The molecule has 1 aliphatic carbocycles. The maximum atomic E-state index is 2.42. The van der Waals surface area contributed by atoms with Crippen molar-refractivity contribution in [2.75, 3.05) is 0 Å². The van der Waals surface area contributed by atoms with Crippen LogP contribution in [0.5, 0.6) is 0 Å². The summed E-state index contributed by atoms with van der Waals surface area (Å²) in [4.78, 5) is 0. The van der Waals surface area contributed by atoms with E-state index in [0.29, 0.717) is 0 Å². The van der Waals surface area contributed by atoms with Crippen molar-refractivity contribution in [3.63, 3.8) is 0 Å². The van der Waals surface area contributed by atoms with Crippen molar-refractivity contribution in [1.82, 2.24) is 9.13 Å². The Morgan fingerprint density at radius 1 is 0.198 bits per heavy atom. The normalized spacial score (nSPS) is 12.5. The lowest BCUT2D eigenvalue weighted by Crippen LogP contribution is -2.28. The largest absolute Gasteiger partial charge is 0.309 e. The Bertz CT molecular complexity index is 4840. The minimum atomic E-state index is -0.491. The van der Waals surface area contributed by atoms with E-state index in [2.05, 4.69) is 325 Å². The third kappa shape index (κ3) is 7.49. The van der Waals surface area contributed by atoms with Gasteiger partial charge in [-0.3, -0.25) is 0 Å². The van der Waals surface area contributed by atoms with Crippen molar-refractivity contribution in [2.45, 2.75) is 5.41 Å². The van der Waals surface area contributed by atoms with Crippen molar-refractivity contribution < 1.29 is 0 Å². The lowest BCUT2D eigenvalue weighted by atomic mass is 9.67. The average Bonchev–Trinajstić information content (AvgIpc) is 3.50. The van der Waals surface area contributed by atoms with Gasteiger partial charge >= 0.3 is 0 Å². The van der Waals surface area contributed by atoms with E-state index in [-0.39, 0.29) is 0 Å². The molecular formula is C79H52N2. The van der Waals surface area contributed by atoms with Crippen molar-refractivity contribution in [3.8, 4) is 78.1 Å². The van der Waals surface area contributed by atoms with Crippen LogP contribution in [0.1, 0.15) is 22.3 Å². The highest BCUT2D eigenvalue weighted by Gasteiger charge is 2.46. The summed E-state index contributed by atoms with van der Waals surface area (Å²) in [5, 5.41) is 4.96. The van der Waals surface area contributed by atoms with E-state index in [9.17, 15) is 0 Å². The molecule has 0 radical (unpaired) electrons. The third-order valence-corrected chi connectivity index (χ3v) is 17.2. The number of rotatable bonds is 9. The third-order valence-electron chi connectivity index (χ3n) is 17.2. The number of hydrogen-bond acceptors (Lipinski definition) is 0. The molecule has 0 bridgehead atoms. The van der Waals surface area contributed by atoms with Gasteiger partial charge in [-0.05, 0) is 156 Å². The average molecular weight is 1030 g/mol. The number of nitrogens with zero attached hydrogens (tertiary/aromatic N) is 2. The van der Waals surface area contributed by atoms with Crippen LogP contribution in [0.4, 0.5) is 0 Å². The van der Waals surface area contributed by atoms with Crippen LogP contribution in [0.2, 0.25) is 0 Å². The molecule has 0 fully saturated rings. The molecule has 0 atom stereocenters. The maximum absolute atomic E-state index is 2.42. The molecule has 0 saturated carbocycles. The summed E-state index contributed by atoms with van der Waals surface area (Å²) in [6.07, 6.45) is 0. The van der Waals surface area contributed by atoms with Gasteiger partial charge in [0.2, 0.25) is 0 Å². The standard InChI is InChI=1S/C79H52N2/c1-3-17-53(18-4-1)56-37-43-63(44-38-56)79(73-29-11-7-25-67(73)68-26-8-12-30-74(68)79)64-23-15-21-59(49-64)58-35-33-55(34-36-58)57-39-45-65(46-40-57)80-75-31-13-9-27-69(75)71-51-61(41-47-77(71)80)62-42-48-78-72(52-62)70-28-10-14-32-76(70)81(78)66-24-16-22-60(50-66)54-19-5-2-6-20-54/h1-52H. The lowest BCUT2D eigenvalue weighted by Gasteiger charge is -2.34. The number of fused-ring (bicyclic) bond motifs is 9. The predicted molar refractivity (Wildman–Crippen MR) is 340 cm³/mol. The molecule has 1 aliphatic rings. The van der Waals surface area contributed by atoms with Crippen molar-refractivity contribution in [1.29, 1.82) is 0 Å². The van der Waals surface area contributed by atoms with Gasteiger partial charge in [0.1, 0.15) is 0 Å². The maximum Gasteiger partial charge on any atom is 0.0713 e. The molecule has 16 rings (SSSR count). The molecule has 0 amide bonds. The van der Waals surface area contributed by atoms with E-state index >= 15 is 0 Å². The summed E-state index contributed by atoms with van der Waals surface area (Å²) in [7, 11) is 0. The SMILES string of the molecule is c1ccc(-c2ccc(C3(c4cccc(-c5ccc(-c6ccc(-n7c8ccccc8c8cc(-c9ccc%10c(c9)c9ccccc9n%10-c9cccc(-c%10ccccc%10)c9)ccc87)cc6)cc5)c4)c4ccccc4-c4ccccc43)cc2)cc1. The molecule has 2 aromatic heterocycles.